The Balaban J connectivity index is 2.00. The second kappa shape index (κ2) is 6.25. The summed E-state index contributed by atoms with van der Waals surface area (Å²) in [4.78, 5) is 9.29. The minimum Gasteiger partial charge on any atom is -0.308 e. The highest BCUT2D eigenvalue weighted by Gasteiger charge is 2.27. The molecule has 1 saturated heterocycles. The molecule has 1 aliphatic heterocycles. The Morgan fingerprint density at radius 2 is 2.14 bits per heavy atom. The Morgan fingerprint density at radius 3 is 2.81 bits per heavy atom. The molecule has 3 N–H and O–H groups in total. The molecule has 2 atom stereocenters. The van der Waals surface area contributed by atoms with Gasteiger partial charge in [0.25, 0.3) is 0 Å². The maximum Gasteiger partial charge on any atom is 0.145 e. The number of rotatable bonds is 3. The number of nitrogens with zero attached hydrogens (tertiary/aromatic N) is 4. The fourth-order valence-corrected chi connectivity index (χ4v) is 4.97. The second-order valence-electron chi connectivity index (χ2n) is 4.91. The lowest BCUT2D eigenvalue weighted by Crippen LogP contribution is -2.19. The van der Waals surface area contributed by atoms with E-state index >= 15 is 0 Å². The lowest BCUT2D eigenvalue weighted by molar-refractivity contribution is 0.768. The van der Waals surface area contributed by atoms with Crippen molar-refractivity contribution < 1.29 is 0 Å². The van der Waals surface area contributed by atoms with Gasteiger partial charge in [0.2, 0.25) is 0 Å². The van der Waals surface area contributed by atoms with Crippen LogP contribution in [0.4, 0.5) is 5.82 Å². The molecule has 6 nitrogen and oxygen atoms in total. The van der Waals surface area contributed by atoms with Gasteiger partial charge in [-0.15, -0.1) is 11.8 Å². The van der Waals surface area contributed by atoms with Gasteiger partial charge in [0.05, 0.1) is 17.1 Å². The lowest BCUT2D eigenvalue weighted by Gasteiger charge is -2.27. The highest BCUT2D eigenvalue weighted by molar-refractivity contribution is 8.06. The summed E-state index contributed by atoms with van der Waals surface area (Å²) in [6.07, 6.45) is 3.75. The van der Waals surface area contributed by atoms with Gasteiger partial charge in [-0.05, 0) is 0 Å². The van der Waals surface area contributed by atoms with Crippen molar-refractivity contribution in [1.29, 1.82) is 0 Å². The fourth-order valence-electron chi connectivity index (χ4n) is 2.28. The van der Waals surface area contributed by atoms with Crippen LogP contribution in [0.5, 0.6) is 0 Å². The smallest absolute Gasteiger partial charge is 0.145 e. The first-order chi connectivity index (χ1) is 10.2. The van der Waals surface area contributed by atoms with E-state index in [4.69, 9.17) is 10.8 Å². The van der Waals surface area contributed by atoms with Gasteiger partial charge in [-0.1, -0.05) is 6.92 Å². The zero-order chi connectivity index (χ0) is 14.8. The first-order valence-corrected chi connectivity index (χ1v) is 8.85. The van der Waals surface area contributed by atoms with Crippen molar-refractivity contribution in [3.05, 3.63) is 24.3 Å². The van der Waals surface area contributed by atoms with E-state index in [9.17, 15) is 0 Å². The van der Waals surface area contributed by atoms with Crippen LogP contribution in [0, 0.1) is 0 Å². The molecular formula is C13H18N6S2. The van der Waals surface area contributed by atoms with E-state index in [-0.39, 0.29) is 0 Å². The van der Waals surface area contributed by atoms with Crippen molar-refractivity contribution >= 4 is 29.3 Å². The normalized spacial score (nSPS) is 22.2. The standard InChI is InChI=1S/C13H18N6S2/c1-8-12(21-4-3-20-8)13-16-10(5-11(17-13)18-14)9-6-15-19(2)7-9/h5-8,12H,3-4,14H2,1-2H3,(H,16,17,18). The van der Waals surface area contributed by atoms with Crippen LogP contribution in [-0.4, -0.2) is 36.5 Å². The summed E-state index contributed by atoms with van der Waals surface area (Å²) in [6.45, 7) is 2.23. The quantitative estimate of drug-likeness (QED) is 0.661. The third kappa shape index (κ3) is 3.17. The monoisotopic (exact) mass is 322 g/mol. The average Bonchev–Trinajstić information content (AvgIpc) is 2.94. The van der Waals surface area contributed by atoms with E-state index in [1.54, 1.807) is 10.9 Å². The van der Waals surface area contributed by atoms with Gasteiger partial charge in [0.1, 0.15) is 11.6 Å². The van der Waals surface area contributed by atoms with Crippen molar-refractivity contribution in [3.8, 4) is 11.3 Å². The molecule has 3 rings (SSSR count). The number of hydrogen-bond donors (Lipinski definition) is 2. The predicted octanol–water partition coefficient (Wildman–Crippen LogP) is 2.07. The third-order valence-electron chi connectivity index (χ3n) is 3.33. The predicted molar refractivity (Wildman–Crippen MR) is 89.2 cm³/mol. The second-order valence-corrected chi connectivity index (χ2v) is 7.65. The van der Waals surface area contributed by atoms with Crippen LogP contribution in [0.1, 0.15) is 18.0 Å². The first-order valence-electron chi connectivity index (χ1n) is 6.75. The van der Waals surface area contributed by atoms with Crippen molar-refractivity contribution in [3.63, 3.8) is 0 Å². The third-order valence-corrected chi connectivity index (χ3v) is 6.42. The molecule has 0 bridgehead atoms. The van der Waals surface area contributed by atoms with Crippen LogP contribution in [0.25, 0.3) is 11.3 Å². The molecule has 2 unspecified atom stereocenters. The molecule has 0 spiro atoms. The van der Waals surface area contributed by atoms with E-state index in [1.165, 1.54) is 5.75 Å². The molecular weight excluding hydrogens is 304 g/mol. The molecule has 2 aromatic heterocycles. The van der Waals surface area contributed by atoms with Crippen LogP contribution in [0.2, 0.25) is 0 Å². The first kappa shape index (κ1) is 14.7. The number of aryl methyl sites for hydroxylation is 1. The maximum absolute atomic E-state index is 5.56. The molecule has 2 aromatic rings. The van der Waals surface area contributed by atoms with Gasteiger partial charge < -0.3 is 5.43 Å². The van der Waals surface area contributed by atoms with Crippen LogP contribution >= 0.6 is 23.5 Å². The summed E-state index contributed by atoms with van der Waals surface area (Å²) >= 11 is 3.89. The van der Waals surface area contributed by atoms with Crippen molar-refractivity contribution in [2.45, 2.75) is 17.4 Å². The van der Waals surface area contributed by atoms with Crippen LogP contribution in [0.3, 0.4) is 0 Å². The van der Waals surface area contributed by atoms with Gasteiger partial charge in [0.15, 0.2) is 0 Å². The topological polar surface area (TPSA) is 81.6 Å². The van der Waals surface area contributed by atoms with E-state index in [0.29, 0.717) is 16.3 Å². The Hall–Kier alpha value is -1.25. The van der Waals surface area contributed by atoms with E-state index in [0.717, 1.165) is 22.8 Å². The molecule has 0 aliphatic carbocycles. The molecule has 112 valence electrons. The molecule has 8 heteroatoms. The number of hydrogen-bond acceptors (Lipinski definition) is 7. The molecule has 0 aromatic carbocycles. The molecule has 1 fully saturated rings. The summed E-state index contributed by atoms with van der Waals surface area (Å²) in [7, 11) is 1.89. The number of anilines is 1. The number of nitrogen functional groups attached to an aromatic ring is 1. The zero-order valence-corrected chi connectivity index (χ0v) is 13.6. The molecule has 0 saturated carbocycles. The molecule has 1 aliphatic rings. The fraction of sp³-hybridized carbons (Fsp3) is 0.462. The Morgan fingerprint density at radius 1 is 1.33 bits per heavy atom. The summed E-state index contributed by atoms with van der Waals surface area (Å²) in [5.41, 5.74) is 4.47. The molecule has 21 heavy (non-hydrogen) atoms. The Bertz CT molecular complexity index is 629. The number of thioether (sulfide) groups is 2. The zero-order valence-electron chi connectivity index (χ0n) is 12.0. The van der Waals surface area contributed by atoms with Gasteiger partial charge in [-0.3, -0.25) is 4.68 Å². The summed E-state index contributed by atoms with van der Waals surface area (Å²) in [5.74, 6) is 9.36. The minimum absolute atomic E-state index is 0.299. The van der Waals surface area contributed by atoms with Crippen molar-refractivity contribution in [2.24, 2.45) is 12.9 Å². The van der Waals surface area contributed by atoms with E-state index < -0.39 is 0 Å². The Kier molecular flexibility index (Phi) is 4.37. The van der Waals surface area contributed by atoms with Crippen LogP contribution in [-0.2, 0) is 7.05 Å². The van der Waals surface area contributed by atoms with Crippen LogP contribution in [0.15, 0.2) is 18.5 Å². The summed E-state index contributed by atoms with van der Waals surface area (Å²) in [5, 5.41) is 5.00. The van der Waals surface area contributed by atoms with E-state index in [2.05, 4.69) is 22.4 Å². The number of nitrogens with one attached hydrogen (secondary N) is 1. The average molecular weight is 322 g/mol. The van der Waals surface area contributed by atoms with Crippen LogP contribution < -0.4 is 11.3 Å². The van der Waals surface area contributed by atoms with Gasteiger partial charge in [0, 0.05) is 41.6 Å². The number of aromatic nitrogens is 4. The molecule has 3 heterocycles. The molecule has 0 radical (unpaired) electrons. The highest BCUT2D eigenvalue weighted by Crippen LogP contribution is 2.41. The van der Waals surface area contributed by atoms with Gasteiger partial charge in [-0.25, -0.2) is 15.8 Å². The highest BCUT2D eigenvalue weighted by atomic mass is 32.2. The van der Waals surface area contributed by atoms with Gasteiger partial charge >= 0.3 is 0 Å². The van der Waals surface area contributed by atoms with Crippen molar-refractivity contribution in [2.75, 3.05) is 16.9 Å². The van der Waals surface area contributed by atoms with Crippen molar-refractivity contribution in [1.82, 2.24) is 19.7 Å². The summed E-state index contributed by atoms with van der Waals surface area (Å²) < 4.78 is 1.76. The Labute approximate surface area is 132 Å². The maximum atomic E-state index is 5.56. The lowest BCUT2D eigenvalue weighted by atomic mass is 10.2. The summed E-state index contributed by atoms with van der Waals surface area (Å²) in [6, 6.07) is 1.85. The number of hydrazine groups is 1. The van der Waals surface area contributed by atoms with E-state index in [1.807, 2.05) is 42.8 Å². The minimum atomic E-state index is 0.299. The van der Waals surface area contributed by atoms with Gasteiger partial charge in [-0.2, -0.15) is 16.9 Å². The largest absolute Gasteiger partial charge is 0.308 e. The molecule has 0 amide bonds. The SMILES string of the molecule is CC1SCCSC1c1nc(NN)cc(-c2cnn(C)c2)n1. The number of nitrogens with two attached hydrogens (primary N) is 1.